The Balaban J connectivity index is 2.33. The molecule has 0 saturated carbocycles. The van der Waals surface area contributed by atoms with Gasteiger partial charge in [0.1, 0.15) is 5.54 Å². The van der Waals surface area contributed by atoms with Crippen LogP contribution in [0.4, 0.5) is 4.79 Å². The standard InChI is InChI=1S/C11H13NO3/c1-11(7-13)9(15-10(14)12-11)8-5-3-2-4-6-8/h2-6,9,13H,7H2,1H3,(H,12,14)/t9-,11-/m0/s1. The second kappa shape index (κ2) is 3.55. The van der Waals surface area contributed by atoms with Gasteiger partial charge in [-0.3, -0.25) is 0 Å². The van der Waals surface area contributed by atoms with E-state index in [0.29, 0.717) is 0 Å². The van der Waals surface area contributed by atoms with Crippen LogP contribution in [-0.4, -0.2) is 23.3 Å². The Hall–Kier alpha value is -1.55. The summed E-state index contributed by atoms with van der Waals surface area (Å²) in [6.07, 6.45) is -0.920. The van der Waals surface area contributed by atoms with Gasteiger partial charge in [-0.1, -0.05) is 30.3 Å². The number of carbonyl (C=O) groups is 1. The molecule has 80 valence electrons. The number of alkyl carbamates (subject to hydrolysis) is 1. The van der Waals surface area contributed by atoms with Crippen molar-refractivity contribution >= 4 is 6.09 Å². The molecule has 0 unspecified atom stereocenters. The minimum Gasteiger partial charge on any atom is -0.439 e. The van der Waals surface area contributed by atoms with E-state index >= 15 is 0 Å². The molecule has 1 saturated heterocycles. The summed E-state index contributed by atoms with van der Waals surface area (Å²) in [4.78, 5) is 11.2. The highest BCUT2D eigenvalue weighted by molar-refractivity contribution is 5.71. The Morgan fingerprint density at radius 3 is 2.73 bits per heavy atom. The molecule has 15 heavy (non-hydrogen) atoms. The third kappa shape index (κ3) is 1.68. The first kappa shape index (κ1) is 9.98. The molecule has 4 nitrogen and oxygen atoms in total. The van der Waals surface area contributed by atoms with E-state index in [0.717, 1.165) is 5.56 Å². The first-order valence-corrected chi connectivity index (χ1v) is 4.80. The van der Waals surface area contributed by atoms with Crippen LogP contribution in [0, 0.1) is 0 Å². The second-order valence-electron chi connectivity index (χ2n) is 3.90. The van der Waals surface area contributed by atoms with Crippen LogP contribution in [0.2, 0.25) is 0 Å². The number of carbonyl (C=O) groups excluding carboxylic acids is 1. The quantitative estimate of drug-likeness (QED) is 0.766. The van der Waals surface area contributed by atoms with Crippen LogP contribution in [0.3, 0.4) is 0 Å². The molecule has 1 heterocycles. The average Bonchev–Trinajstić information content (AvgIpc) is 2.56. The summed E-state index contributed by atoms with van der Waals surface area (Å²) in [5.41, 5.74) is 0.144. The number of amides is 1. The summed E-state index contributed by atoms with van der Waals surface area (Å²) in [6.45, 7) is 1.61. The van der Waals surface area contributed by atoms with Gasteiger partial charge < -0.3 is 15.2 Å². The van der Waals surface area contributed by atoms with Crippen LogP contribution >= 0.6 is 0 Å². The Labute approximate surface area is 87.9 Å². The van der Waals surface area contributed by atoms with E-state index in [1.54, 1.807) is 6.92 Å². The normalized spacial score (nSPS) is 29.7. The molecule has 2 rings (SSSR count). The predicted molar refractivity (Wildman–Crippen MR) is 54.3 cm³/mol. The van der Waals surface area contributed by atoms with Gasteiger partial charge in [-0.05, 0) is 12.5 Å². The Kier molecular flexibility index (Phi) is 2.36. The summed E-state index contributed by atoms with van der Waals surface area (Å²) in [5, 5.41) is 11.9. The molecule has 1 aromatic rings. The van der Waals surface area contributed by atoms with Gasteiger partial charge in [-0.25, -0.2) is 4.79 Å². The van der Waals surface area contributed by atoms with Crippen LogP contribution < -0.4 is 5.32 Å². The van der Waals surface area contributed by atoms with E-state index in [-0.39, 0.29) is 6.61 Å². The van der Waals surface area contributed by atoms with Crippen LogP contribution in [0.25, 0.3) is 0 Å². The van der Waals surface area contributed by atoms with Crippen molar-refractivity contribution in [2.75, 3.05) is 6.61 Å². The number of aliphatic hydroxyl groups excluding tert-OH is 1. The fourth-order valence-electron chi connectivity index (χ4n) is 1.75. The lowest BCUT2D eigenvalue weighted by molar-refractivity contribution is 0.0832. The van der Waals surface area contributed by atoms with Crippen LogP contribution in [0.5, 0.6) is 0 Å². The summed E-state index contributed by atoms with van der Waals surface area (Å²) in [5.74, 6) is 0. The fourth-order valence-corrected chi connectivity index (χ4v) is 1.75. The highest BCUT2D eigenvalue weighted by Crippen LogP contribution is 2.33. The first-order valence-electron chi connectivity index (χ1n) is 4.80. The molecular formula is C11H13NO3. The van der Waals surface area contributed by atoms with Crippen LogP contribution in [0.15, 0.2) is 30.3 Å². The number of hydrogen-bond acceptors (Lipinski definition) is 3. The van der Waals surface area contributed by atoms with E-state index in [4.69, 9.17) is 4.74 Å². The molecule has 1 aromatic carbocycles. The number of cyclic esters (lactones) is 1. The molecule has 1 aliphatic heterocycles. The zero-order valence-electron chi connectivity index (χ0n) is 8.43. The van der Waals surface area contributed by atoms with Crippen LogP contribution in [0.1, 0.15) is 18.6 Å². The molecule has 2 atom stereocenters. The maximum absolute atomic E-state index is 11.2. The first-order chi connectivity index (χ1) is 7.15. The lowest BCUT2D eigenvalue weighted by Crippen LogP contribution is -2.45. The van der Waals surface area contributed by atoms with Crippen molar-refractivity contribution < 1.29 is 14.6 Å². The van der Waals surface area contributed by atoms with Gasteiger partial charge >= 0.3 is 6.09 Å². The van der Waals surface area contributed by atoms with Gasteiger partial charge in [0.25, 0.3) is 0 Å². The Bertz CT molecular complexity index is 365. The van der Waals surface area contributed by atoms with Gasteiger partial charge in [-0.2, -0.15) is 0 Å². The molecule has 0 bridgehead atoms. The number of benzene rings is 1. The Morgan fingerprint density at radius 2 is 2.13 bits per heavy atom. The third-order valence-corrected chi connectivity index (χ3v) is 2.62. The molecule has 0 radical (unpaired) electrons. The minimum absolute atomic E-state index is 0.154. The van der Waals surface area contributed by atoms with Crippen molar-refractivity contribution in [1.82, 2.24) is 5.32 Å². The van der Waals surface area contributed by atoms with Crippen LogP contribution in [-0.2, 0) is 4.74 Å². The van der Waals surface area contributed by atoms with E-state index in [9.17, 15) is 9.90 Å². The number of rotatable bonds is 2. The lowest BCUT2D eigenvalue weighted by Gasteiger charge is -2.26. The number of nitrogens with one attached hydrogen (secondary N) is 1. The van der Waals surface area contributed by atoms with Gasteiger partial charge in [0.15, 0.2) is 6.10 Å². The molecule has 1 amide bonds. The summed E-state index contributed by atoms with van der Waals surface area (Å²) in [7, 11) is 0. The zero-order valence-corrected chi connectivity index (χ0v) is 8.43. The number of aliphatic hydroxyl groups is 1. The van der Waals surface area contributed by atoms with Gasteiger partial charge in [0.2, 0.25) is 0 Å². The van der Waals surface area contributed by atoms with Crippen molar-refractivity contribution in [2.24, 2.45) is 0 Å². The van der Waals surface area contributed by atoms with Gasteiger partial charge in [0.05, 0.1) is 6.61 Å². The van der Waals surface area contributed by atoms with Crippen molar-refractivity contribution in [2.45, 2.75) is 18.6 Å². The molecular weight excluding hydrogens is 194 g/mol. The van der Waals surface area contributed by atoms with Crippen molar-refractivity contribution in [1.29, 1.82) is 0 Å². The lowest BCUT2D eigenvalue weighted by atomic mass is 9.91. The smallest absolute Gasteiger partial charge is 0.408 e. The predicted octanol–water partition coefficient (Wildman–Crippen LogP) is 1.22. The molecule has 0 spiro atoms. The molecule has 0 aromatic heterocycles. The van der Waals surface area contributed by atoms with E-state index in [1.165, 1.54) is 0 Å². The summed E-state index contributed by atoms with van der Waals surface area (Å²) < 4.78 is 5.14. The maximum Gasteiger partial charge on any atom is 0.408 e. The minimum atomic E-state index is -0.738. The highest BCUT2D eigenvalue weighted by atomic mass is 16.6. The van der Waals surface area contributed by atoms with Gasteiger partial charge in [0, 0.05) is 0 Å². The average molecular weight is 207 g/mol. The van der Waals surface area contributed by atoms with Crippen molar-refractivity contribution in [3.05, 3.63) is 35.9 Å². The molecule has 1 fully saturated rings. The zero-order chi connectivity index (χ0) is 10.9. The third-order valence-electron chi connectivity index (χ3n) is 2.62. The second-order valence-corrected chi connectivity index (χ2v) is 3.90. The molecule has 4 heteroatoms. The maximum atomic E-state index is 11.2. The number of ether oxygens (including phenoxy) is 1. The SMILES string of the molecule is C[C@@]1(CO)NC(=O)O[C@H]1c1ccccc1. The van der Waals surface area contributed by atoms with E-state index in [1.807, 2.05) is 30.3 Å². The topological polar surface area (TPSA) is 58.6 Å². The summed E-state index contributed by atoms with van der Waals surface area (Å²) >= 11 is 0. The number of hydrogen-bond donors (Lipinski definition) is 2. The van der Waals surface area contributed by atoms with Crippen molar-refractivity contribution in [3.63, 3.8) is 0 Å². The molecule has 0 aliphatic carbocycles. The van der Waals surface area contributed by atoms with Gasteiger partial charge in [-0.15, -0.1) is 0 Å². The van der Waals surface area contributed by atoms with E-state index < -0.39 is 17.7 Å². The monoisotopic (exact) mass is 207 g/mol. The fraction of sp³-hybridized carbons (Fsp3) is 0.364. The van der Waals surface area contributed by atoms with E-state index in [2.05, 4.69) is 5.32 Å². The largest absolute Gasteiger partial charge is 0.439 e. The van der Waals surface area contributed by atoms with Crippen molar-refractivity contribution in [3.8, 4) is 0 Å². The molecule has 1 aliphatic rings. The summed E-state index contributed by atoms with van der Waals surface area (Å²) in [6, 6.07) is 9.39. The highest BCUT2D eigenvalue weighted by Gasteiger charge is 2.45. The molecule has 2 N–H and O–H groups in total. The Morgan fingerprint density at radius 1 is 1.47 bits per heavy atom.